The Morgan fingerprint density at radius 3 is 1.46 bits per heavy atom. The zero-order valence-electron chi connectivity index (χ0n) is 22.1. The number of thioether (sulfide) groups is 1. The van der Waals surface area contributed by atoms with Gasteiger partial charge in [0.25, 0.3) is 0 Å². The van der Waals surface area contributed by atoms with Crippen LogP contribution in [0.2, 0.25) is 0 Å². The molecule has 0 aromatic heterocycles. The molecule has 1 unspecified atom stereocenters. The summed E-state index contributed by atoms with van der Waals surface area (Å²) >= 11 is 1.48. The maximum Gasteiger partial charge on any atom is 0.310 e. The Morgan fingerprint density at radius 1 is 0.657 bits per heavy atom. The summed E-state index contributed by atoms with van der Waals surface area (Å²) in [5.41, 5.74) is -1.79. The SMILES string of the molecule is CCCCCCCCCCCCC(CCC)(CSCCC(=O)O)C(=O)O.OCC(CO)(CO)CO. The van der Waals surface area contributed by atoms with Crippen molar-refractivity contribution in [2.24, 2.45) is 10.8 Å². The fourth-order valence-electron chi connectivity index (χ4n) is 3.70. The van der Waals surface area contributed by atoms with E-state index in [0.717, 1.165) is 19.3 Å². The maximum absolute atomic E-state index is 11.9. The van der Waals surface area contributed by atoms with Gasteiger partial charge in [-0.1, -0.05) is 84.5 Å². The van der Waals surface area contributed by atoms with Gasteiger partial charge in [-0.25, -0.2) is 0 Å². The highest BCUT2D eigenvalue weighted by molar-refractivity contribution is 7.99. The summed E-state index contributed by atoms with van der Waals surface area (Å²) in [4.78, 5) is 22.5. The second kappa shape index (κ2) is 23.5. The predicted molar refractivity (Wildman–Crippen MR) is 142 cm³/mol. The number of unbranched alkanes of at least 4 members (excludes halogenated alkanes) is 9. The second-order valence-electron chi connectivity index (χ2n) is 9.60. The molecule has 0 radical (unpaired) electrons. The molecule has 0 rings (SSSR count). The third-order valence-corrected chi connectivity index (χ3v) is 7.62. The van der Waals surface area contributed by atoms with Crippen LogP contribution >= 0.6 is 11.8 Å². The number of rotatable bonds is 23. The van der Waals surface area contributed by atoms with E-state index in [4.69, 9.17) is 25.5 Å². The lowest BCUT2D eigenvalue weighted by molar-refractivity contribution is -0.148. The summed E-state index contributed by atoms with van der Waals surface area (Å²) in [6.07, 6.45) is 14.8. The van der Waals surface area contributed by atoms with Crippen molar-refractivity contribution in [2.45, 2.75) is 104 Å². The molecule has 6 N–H and O–H groups in total. The first kappa shape index (κ1) is 36.3. The molecular formula is C26H52O8S. The first-order chi connectivity index (χ1) is 16.7. The minimum atomic E-state index is -1.11. The minimum Gasteiger partial charge on any atom is -0.481 e. The van der Waals surface area contributed by atoms with Crippen LogP contribution in [0.4, 0.5) is 0 Å². The van der Waals surface area contributed by atoms with Gasteiger partial charge in [-0.3, -0.25) is 9.59 Å². The van der Waals surface area contributed by atoms with Crippen LogP contribution < -0.4 is 0 Å². The van der Waals surface area contributed by atoms with Gasteiger partial charge in [-0.05, 0) is 12.8 Å². The number of hydrogen-bond donors (Lipinski definition) is 6. The van der Waals surface area contributed by atoms with Gasteiger partial charge in [0.15, 0.2) is 0 Å². The predicted octanol–water partition coefficient (Wildman–Crippen LogP) is 4.32. The van der Waals surface area contributed by atoms with Crippen LogP contribution in [-0.4, -0.2) is 80.5 Å². The van der Waals surface area contributed by atoms with Crippen molar-refractivity contribution in [3.05, 3.63) is 0 Å². The van der Waals surface area contributed by atoms with Gasteiger partial charge in [-0.2, -0.15) is 11.8 Å². The second-order valence-corrected chi connectivity index (χ2v) is 10.7. The Hall–Kier alpha value is -0.870. The third-order valence-electron chi connectivity index (χ3n) is 6.37. The van der Waals surface area contributed by atoms with Crippen LogP contribution in [0.5, 0.6) is 0 Å². The number of hydrogen-bond acceptors (Lipinski definition) is 7. The summed E-state index contributed by atoms with van der Waals surface area (Å²) in [5.74, 6) is -0.505. The molecule has 0 fully saturated rings. The van der Waals surface area contributed by atoms with E-state index >= 15 is 0 Å². The number of aliphatic hydroxyl groups excluding tert-OH is 4. The van der Waals surface area contributed by atoms with Crippen molar-refractivity contribution in [2.75, 3.05) is 37.9 Å². The van der Waals surface area contributed by atoms with E-state index in [1.807, 2.05) is 6.92 Å². The number of aliphatic carboxylic acids is 2. The fraction of sp³-hybridized carbons (Fsp3) is 0.923. The summed E-state index contributed by atoms with van der Waals surface area (Å²) in [6, 6.07) is 0. The van der Waals surface area contributed by atoms with Gasteiger partial charge < -0.3 is 30.6 Å². The molecule has 0 bridgehead atoms. The Balaban J connectivity index is 0. The molecule has 210 valence electrons. The van der Waals surface area contributed by atoms with Gasteiger partial charge in [0.2, 0.25) is 0 Å². The van der Waals surface area contributed by atoms with E-state index in [9.17, 15) is 14.7 Å². The van der Waals surface area contributed by atoms with Crippen molar-refractivity contribution in [1.29, 1.82) is 0 Å². The molecule has 0 spiro atoms. The third kappa shape index (κ3) is 18.1. The topological polar surface area (TPSA) is 156 Å². The molecule has 0 heterocycles. The van der Waals surface area contributed by atoms with Crippen LogP contribution in [0, 0.1) is 10.8 Å². The molecule has 0 aliphatic carbocycles. The standard InChI is InChI=1S/C21H40O4S.C5H12O4/c1-3-5-6-7-8-9-10-11-12-13-16-21(15-4-2,20(24)25)18-26-17-14-19(22)23;6-1-5(2-7,3-8)4-9/h3-18H2,1-2H3,(H,22,23)(H,24,25);6-9H,1-4H2. The van der Waals surface area contributed by atoms with E-state index in [1.165, 1.54) is 63.1 Å². The van der Waals surface area contributed by atoms with Gasteiger partial charge in [0.1, 0.15) is 0 Å². The number of carboxylic acids is 2. The molecule has 0 aliphatic rings. The van der Waals surface area contributed by atoms with Crippen LogP contribution in [0.15, 0.2) is 0 Å². The molecule has 0 aromatic rings. The summed E-state index contributed by atoms with van der Waals surface area (Å²) in [7, 11) is 0. The number of aliphatic hydroxyl groups is 4. The molecule has 0 aliphatic heterocycles. The fourth-order valence-corrected chi connectivity index (χ4v) is 4.97. The zero-order valence-corrected chi connectivity index (χ0v) is 22.9. The Morgan fingerprint density at radius 2 is 1.11 bits per heavy atom. The smallest absolute Gasteiger partial charge is 0.310 e. The molecule has 0 saturated carbocycles. The summed E-state index contributed by atoms with van der Waals surface area (Å²) in [6.45, 7) is 2.64. The van der Waals surface area contributed by atoms with Crippen molar-refractivity contribution in [1.82, 2.24) is 0 Å². The normalized spacial score (nSPS) is 13.1. The van der Waals surface area contributed by atoms with Crippen molar-refractivity contribution in [3.63, 3.8) is 0 Å². The van der Waals surface area contributed by atoms with Crippen molar-refractivity contribution >= 4 is 23.7 Å². The lowest BCUT2D eigenvalue weighted by Crippen LogP contribution is -2.37. The Bertz CT molecular complexity index is 496. The average Bonchev–Trinajstić information content (AvgIpc) is 2.85. The van der Waals surface area contributed by atoms with Crippen molar-refractivity contribution in [3.8, 4) is 0 Å². The lowest BCUT2D eigenvalue weighted by atomic mass is 9.80. The van der Waals surface area contributed by atoms with Crippen molar-refractivity contribution < 1.29 is 40.2 Å². The molecule has 1 atom stereocenters. The van der Waals surface area contributed by atoms with Gasteiger partial charge in [0.05, 0.1) is 43.7 Å². The van der Waals surface area contributed by atoms with Gasteiger partial charge in [0, 0.05) is 11.5 Å². The molecule has 0 saturated heterocycles. The summed E-state index contributed by atoms with van der Waals surface area (Å²) < 4.78 is 0. The molecule has 8 nitrogen and oxygen atoms in total. The van der Waals surface area contributed by atoms with Crippen LogP contribution in [0.3, 0.4) is 0 Å². The van der Waals surface area contributed by atoms with E-state index in [-0.39, 0.29) is 6.42 Å². The van der Waals surface area contributed by atoms with Gasteiger partial charge >= 0.3 is 11.9 Å². The number of carbonyl (C=O) groups is 2. The van der Waals surface area contributed by atoms with E-state index < -0.39 is 49.2 Å². The highest BCUT2D eigenvalue weighted by atomic mass is 32.2. The van der Waals surface area contributed by atoms with E-state index in [2.05, 4.69) is 6.92 Å². The molecule has 9 heteroatoms. The molecule has 0 amide bonds. The minimum absolute atomic E-state index is 0.102. The lowest BCUT2D eigenvalue weighted by Gasteiger charge is -2.29. The van der Waals surface area contributed by atoms with Gasteiger partial charge in [-0.15, -0.1) is 0 Å². The molecular weight excluding hydrogens is 472 g/mol. The Kier molecular flexibility index (Phi) is 24.4. The largest absolute Gasteiger partial charge is 0.481 e. The van der Waals surface area contributed by atoms with E-state index in [0.29, 0.717) is 24.3 Å². The quantitative estimate of drug-likeness (QED) is 0.107. The highest BCUT2D eigenvalue weighted by Crippen LogP contribution is 2.35. The first-order valence-corrected chi connectivity index (χ1v) is 14.3. The monoisotopic (exact) mass is 524 g/mol. The zero-order chi connectivity index (χ0) is 27.0. The highest BCUT2D eigenvalue weighted by Gasteiger charge is 2.36. The van der Waals surface area contributed by atoms with Crippen LogP contribution in [-0.2, 0) is 9.59 Å². The van der Waals surface area contributed by atoms with E-state index in [1.54, 1.807) is 0 Å². The van der Waals surface area contributed by atoms with Crippen LogP contribution in [0.25, 0.3) is 0 Å². The number of carboxylic acid groups (broad SMARTS) is 2. The summed E-state index contributed by atoms with van der Waals surface area (Å²) in [5, 5.41) is 52.5. The molecule has 35 heavy (non-hydrogen) atoms. The average molecular weight is 525 g/mol. The van der Waals surface area contributed by atoms with Crippen LogP contribution in [0.1, 0.15) is 104 Å². The molecule has 0 aromatic carbocycles. The first-order valence-electron chi connectivity index (χ1n) is 13.2. The Labute approximate surface area is 216 Å². The maximum atomic E-state index is 11.9.